The number of hydrogen-bond acceptors (Lipinski definition) is 4. The fraction of sp³-hybridized carbons (Fsp3) is 0. The van der Waals surface area contributed by atoms with Crippen molar-refractivity contribution in [1.82, 2.24) is 19.9 Å². The number of nitrogens with two attached hydrogens (primary N) is 1. The van der Waals surface area contributed by atoms with E-state index in [4.69, 9.17) is 5.73 Å². The Morgan fingerprint density at radius 2 is 1.88 bits per heavy atom. The SMILES string of the molecule is Nc1nc(-c2ccc(F)cc2)c2[nH]cnc2n1. The maximum Gasteiger partial charge on any atom is 0.222 e. The first kappa shape index (κ1) is 9.71. The number of anilines is 1. The van der Waals surface area contributed by atoms with Crippen LogP contribution in [0.3, 0.4) is 0 Å². The number of nitrogens with zero attached hydrogens (tertiary/aromatic N) is 3. The van der Waals surface area contributed by atoms with Crippen LogP contribution in [0.25, 0.3) is 22.4 Å². The molecular weight excluding hydrogens is 221 g/mol. The molecule has 3 aromatic rings. The van der Waals surface area contributed by atoms with Crippen LogP contribution in [0.1, 0.15) is 0 Å². The van der Waals surface area contributed by atoms with Gasteiger partial charge in [-0.2, -0.15) is 4.98 Å². The van der Waals surface area contributed by atoms with Crippen LogP contribution < -0.4 is 5.73 Å². The number of H-pyrrole nitrogens is 1. The molecule has 5 nitrogen and oxygen atoms in total. The lowest BCUT2D eigenvalue weighted by Crippen LogP contribution is -1.97. The number of benzene rings is 1. The van der Waals surface area contributed by atoms with Gasteiger partial charge in [-0.25, -0.2) is 14.4 Å². The van der Waals surface area contributed by atoms with Crippen molar-refractivity contribution in [2.45, 2.75) is 0 Å². The molecule has 0 saturated carbocycles. The molecular formula is C11H8FN5. The van der Waals surface area contributed by atoms with Crippen molar-refractivity contribution in [2.75, 3.05) is 5.73 Å². The van der Waals surface area contributed by atoms with Gasteiger partial charge in [0.15, 0.2) is 5.65 Å². The summed E-state index contributed by atoms with van der Waals surface area (Å²) in [6.45, 7) is 0. The minimum atomic E-state index is -0.295. The van der Waals surface area contributed by atoms with Gasteiger partial charge in [0.2, 0.25) is 5.95 Å². The number of hydrogen-bond donors (Lipinski definition) is 2. The average molecular weight is 229 g/mol. The first-order valence-electron chi connectivity index (χ1n) is 4.96. The van der Waals surface area contributed by atoms with Crippen LogP contribution in [0.2, 0.25) is 0 Å². The Morgan fingerprint density at radius 3 is 2.65 bits per heavy atom. The molecule has 3 N–H and O–H groups in total. The predicted molar refractivity (Wildman–Crippen MR) is 61.5 cm³/mol. The zero-order chi connectivity index (χ0) is 11.8. The molecule has 1 aromatic carbocycles. The quantitative estimate of drug-likeness (QED) is 0.666. The van der Waals surface area contributed by atoms with Crippen LogP contribution in [-0.2, 0) is 0 Å². The van der Waals surface area contributed by atoms with E-state index >= 15 is 0 Å². The molecule has 17 heavy (non-hydrogen) atoms. The summed E-state index contributed by atoms with van der Waals surface area (Å²) in [6.07, 6.45) is 1.52. The van der Waals surface area contributed by atoms with E-state index in [0.717, 1.165) is 5.56 Å². The topological polar surface area (TPSA) is 80.5 Å². The van der Waals surface area contributed by atoms with Gasteiger partial charge in [0.25, 0.3) is 0 Å². The molecule has 0 aliphatic carbocycles. The van der Waals surface area contributed by atoms with Gasteiger partial charge in [-0.05, 0) is 24.3 Å². The number of rotatable bonds is 1. The standard InChI is InChI=1S/C11H8FN5/c12-7-3-1-6(2-4-7)8-9-10(15-5-14-9)17-11(13)16-8/h1-5H,(H3,13,14,15,16,17). The minimum absolute atomic E-state index is 0.143. The summed E-state index contributed by atoms with van der Waals surface area (Å²) in [4.78, 5) is 15.1. The number of halogens is 1. The van der Waals surface area contributed by atoms with E-state index in [1.807, 2.05) is 0 Å². The van der Waals surface area contributed by atoms with Gasteiger partial charge in [-0.1, -0.05) is 0 Å². The fourth-order valence-corrected chi connectivity index (χ4v) is 1.67. The van der Waals surface area contributed by atoms with Gasteiger partial charge >= 0.3 is 0 Å². The van der Waals surface area contributed by atoms with Crippen molar-refractivity contribution in [2.24, 2.45) is 0 Å². The zero-order valence-electron chi connectivity index (χ0n) is 8.68. The first-order valence-corrected chi connectivity index (χ1v) is 4.96. The van der Waals surface area contributed by atoms with E-state index in [-0.39, 0.29) is 11.8 Å². The Bertz CT molecular complexity index is 674. The summed E-state index contributed by atoms with van der Waals surface area (Å²) in [6, 6.07) is 6.01. The molecule has 0 fully saturated rings. The zero-order valence-corrected chi connectivity index (χ0v) is 8.68. The molecule has 0 radical (unpaired) electrons. The molecule has 0 atom stereocenters. The molecule has 0 unspecified atom stereocenters. The van der Waals surface area contributed by atoms with Crippen LogP contribution in [-0.4, -0.2) is 19.9 Å². The second kappa shape index (κ2) is 3.51. The summed E-state index contributed by atoms with van der Waals surface area (Å²) in [5.41, 5.74) is 8.16. The third kappa shape index (κ3) is 1.59. The highest BCUT2D eigenvalue weighted by Gasteiger charge is 2.10. The Balaban J connectivity index is 2.28. The molecule has 0 bridgehead atoms. The van der Waals surface area contributed by atoms with Crippen LogP contribution in [0.5, 0.6) is 0 Å². The Morgan fingerprint density at radius 1 is 1.12 bits per heavy atom. The number of imidazole rings is 1. The van der Waals surface area contributed by atoms with E-state index in [1.54, 1.807) is 12.1 Å². The Labute approximate surface area is 95.5 Å². The highest BCUT2D eigenvalue weighted by Crippen LogP contribution is 2.24. The van der Waals surface area contributed by atoms with Gasteiger partial charge in [-0.15, -0.1) is 0 Å². The van der Waals surface area contributed by atoms with E-state index in [1.165, 1.54) is 18.5 Å². The minimum Gasteiger partial charge on any atom is -0.368 e. The van der Waals surface area contributed by atoms with E-state index in [2.05, 4.69) is 19.9 Å². The molecule has 0 aliphatic rings. The number of nitrogens with one attached hydrogen (secondary N) is 1. The summed E-state index contributed by atoms with van der Waals surface area (Å²) in [7, 11) is 0. The highest BCUT2D eigenvalue weighted by molar-refractivity contribution is 5.87. The number of nitrogen functional groups attached to an aromatic ring is 1. The summed E-state index contributed by atoms with van der Waals surface area (Å²) >= 11 is 0. The molecule has 84 valence electrons. The van der Waals surface area contributed by atoms with Gasteiger partial charge < -0.3 is 10.7 Å². The van der Waals surface area contributed by atoms with Crippen molar-refractivity contribution < 1.29 is 4.39 Å². The third-order valence-corrected chi connectivity index (χ3v) is 2.42. The maximum absolute atomic E-state index is 12.9. The molecule has 2 heterocycles. The van der Waals surface area contributed by atoms with Gasteiger partial charge in [0.05, 0.1) is 6.33 Å². The third-order valence-electron chi connectivity index (χ3n) is 2.42. The molecule has 0 spiro atoms. The lowest BCUT2D eigenvalue weighted by atomic mass is 10.1. The highest BCUT2D eigenvalue weighted by atomic mass is 19.1. The lowest BCUT2D eigenvalue weighted by Gasteiger charge is -2.02. The predicted octanol–water partition coefficient (Wildman–Crippen LogP) is 1.74. The Kier molecular flexibility index (Phi) is 2.01. The van der Waals surface area contributed by atoms with Gasteiger partial charge in [0.1, 0.15) is 17.0 Å². The van der Waals surface area contributed by atoms with Crippen molar-refractivity contribution >= 4 is 17.1 Å². The molecule has 2 aromatic heterocycles. The van der Waals surface area contributed by atoms with Gasteiger partial charge in [0, 0.05) is 5.56 Å². The number of aromatic nitrogens is 4. The average Bonchev–Trinajstić information content (AvgIpc) is 2.77. The summed E-state index contributed by atoms with van der Waals surface area (Å²) in [5, 5.41) is 0. The monoisotopic (exact) mass is 229 g/mol. The second-order valence-electron chi connectivity index (χ2n) is 3.54. The Hall–Kier alpha value is -2.50. The van der Waals surface area contributed by atoms with Crippen molar-refractivity contribution in [3.8, 4) is 11.3 Å². The van der Waals surface area contributed by atoms with Crippen molar-refractivity contribution in [1.29, 1.82) is 0 Å². The fourth-order valence-electron chi connectivity index (χ4n) is 1.67. The van der Waals surface area contributed by atoms with Crippen LogP contribution >= 0.6 is 0 Å². The molecule has 3 rings (SSSR count). The van der Waals surface area contributed by atoms with Crippen LogP contribution in [0.4, 0.5) is 10.3 Å². The van der Waals surface area contributed by atoms with Crippen LogP contribution in [0.15, 0.2) is 30.6 Å². The normalized spacial score (nSPS) is 10.9. The first-order chi connectivity index (χ1) is 8.24. The molecule has 0 saturated heterocycles. The second-order valence-corrected chi connectivity index (χ2v) is 3.54. The van der Waals surface area contributed by atoms with E-state index in [0.29, 0.717) is 16.9 Å². The molecule has 6 heteroatoms. The summed E-state index contributed by atoms with van der Waals surface area (Å²) < 4.78 is 12.9. The van der Waals surface area contributed by atoms with E-state index < -0.39 is 0 Å². The number of fused-ring (bicyclic) bond motifs is 1. The summed E-state index contributed by atoms with van der Waals surface area (Å²) in [5.74, 6) is -0.152. The van der Waals surface area contributed by atoms with Crippen molar-refractivity contribution in [3.63, 3.8) is 0 Å². The molecule has 0 amide bonds. The van der Waals surface area contributed by atoms with Crippen LogP contribution in [0, 0.1) is 5.82 Å². The van der Waals surface area contributed by atoms with Crippen molar-refractivity contribution in [3.05, 3.63) is 36.4 Å². The molecule has 0 aliphatic heterocycles. The maximum atomic E-state index is 12.9. The van der Waals surface area contributed by atoms with E-state index in [9.17, 15) is 4.39 Å². The van der Waals surface area contributed by atoms with Gasteiger partial charge in [-0.3, -0.25) is 0 Å². The number of aromatic amines is 1. The largest absolute Gasteiger partial charge is 0.368 e. The smallest absolute Gasteiger partial charge is 0.222 e. The lowest BCUT2D eigenvalue weighted by molar-refractivity contribution is 0.628.